The number of nitrogens with zero attached hydrogens (tertiary/aromatic N) is 3. The van der Waals surface area contributed by atoms with Crippen molar-refractivity contribution in [2.75, 3.05) is 5.43 Å². The molecule has 1 aromatic carbocycles. The van der Waals surface area contributed by atoms with Crippen LogP contribution in [0, 0.1) is 17.0 Å². The molecule has 0 unspecified atom stereocenters. The molecule has 0 atom stereocenters. The smallest absolute Gasteiger partial charge is 0.270 e. The van der Waals surface area contributed by atoms with Gasteiger partial charge in [-0.15, -0.1) is 0 Å². The Kier molecular flexibility index (Phi) is 3.85. The number of hydrogen-bond donors (Lipinski definition) is 2. The van der Waals surface area contributed by atoms with Gasteiger partial charge in [0.15, 0.2) is 0 Å². The van der Waals surface area contributed by atoms with E-state index in [0.29, 0.717) is 11.3 Å². The molecule has 0 bridgehead atoms. The van der Waals surface area contributed by atoms with Crippen LogP contribution in [0.2, 0.25) is 0 Å². The van der Waals surface area contributed by atoms with Gasteiger partial charge in [-0.3, -0.25) is 19.9 Å². The summed E-state index contributed by atoms with van der Waals surface area (Å²) in [5, 5.41) is 14.5. The first-order valence-electron chi connectivity index (χ1n) is 5.66. The maximum atomic E-state index is 11.2. The number of nitro groups is 1. The van der Waals surface area contributed by atoms with Crippen molar-refractivity contribution in [3.05, 3.63) is 62.1 Å². The molecular weight excluding hydrogens is 262 g/mol. The number of aromatic nitrogens is 2. The van der Waals surface area contributed by atoms with Crippen molar-refractivity contribution in [3.63, 3.8) is 0 Å². The Balaban J connectivity index is 2.12. The van der Waals surface area contributed by atoms with Crippen molar-refractivity contribution in [2.24, 2.45) is 5.10 Å². The van der Waals surface area contributed by atoms with E-state index in [2.05, 4.69) is 20.5 Å². The van der Waals surface area contributed by atoms with E-state index in [-0.39, 0.29) is 17.2 Å². The number of anilines is 1. The standard InChI is InChI=1S/C12H11N5O3/c1-8-5-11(18)15-12(14-8)16-13-7-9-3-2-4-10(6-9)17(19)20/h2-7H,1H3,(H2,14,15,16,18)/b13-7-. The Labute approximate surface area is 113 Å². The zero-order chi connectivity index (χ0) is 14.5. The third-order valence-electron chi connectivity index (χ3n) is 2.33. The van der Waals surface area contributed by atoms with E-state index in [1.165, 1.54) is 24.4 Å². The Morgan fingerprint density at radius 3 is 2.95 bits per heavy atom. The first-order chi connectivity index (χ1) is 9.54. The topological polar surface area (TPSA) is 113 Å². The van der Waals surface area contributed by atoms with Crippen molar-refractivity contribution in [1.82, 2.24) is 9.97 Å². The lowest BCUT2D eigenvalue weighted by Crippen LogP contribution is -2.10. The van der Waals surface area contributed by atoms with Gasteiger partial charge in [0.1, 0.15) is 0 Å². The van der Waals surface area contributed by atoms with Crippen LogP contribution in [0.5, 0.6) is 0 Å². The summed E-state index contributed by atoms with van der Waals surface area (Å²) in [6.45, 7) is 1.69. The zero-order valence-corrected chi connectivity index (χ0v) is 10.5. The second kappa shape index (κ2) is 5.74. The second-order valence-electron chi connectivity index (χ2n) is 3.96. The third kappa shape index (κ3) is 3.48. The molecular formula is C12H11N5O3. The second-order valence-corrected chi connectivity index (χ2v) is 3.96. The molecule has 0 aliphatic carbocycles. The largest absolute Gasteiger partial charge is 0.291 e. The van der Waals surface area contributed by atoms with Crippen LogP contribution in [0.25, 0.3) is 0 Å². The molecule has 102 valence electrons. The zero-order valence-electron chi connectivity index (χ0n) is 10.5. The molecule has 0 saturated carbocycles. The number of aromatic amines is 1. The Hall–Kier alpha value is -3.03. The number of nitrogens with one attached hydrogen (secondary N) is 2. The summed E-state index contributed by atoms with van der Waals surface area (Å²) in [5.41, 5.74) is 3.37. The van der Waals surface area contributed by atoms with Gasteiger partial charge in [0.25, 0.3) is 11.2 Å². The molecule has 0 aliphatic heterocycles. The third-order valence-corrected chi connectivity index (χ3v) is 2.33. The summed E-state index contributed by atoms with van der Waals surface area (Å²) >= 11 is 0. The molecule has 0 spiro atoms. The van der Waals surface area contributed by atoms with Gasteiger partial charge in [0.2, 0.25) is 5.95 Å². The first kappa shape index (κ1) is 13.4. The first-order valence-corrected chi connectivity index (χ1v) is 5.66. The van der Waals surface area contributed by atoms with Crippen LogP contribution in [0.15, 0.2) is 40.2 Å². The molecule has 0 radical (unpaired) electrons. The molecule has 8 nitrogen and oxygen atoms in total. The Morgan fingerprint density at radius 1 is 1.45 bits per heavy atom. The molecule has 0 fully saturated rings. The minimum absolute atomic E-state index is 0.0176. The van der Waals surface area contributed by atoms with Crippen LogP contribution in [0.3, 0.4) is 0 Å². The molecule has 1 aromatic heterocycles. The lowest BCUT2D eigenvalue weighted by molar-refractivity contribution is -0.384. The monoisotopic (exact) mass is 273 g/mol. The van der Waals surface area contributed by atoms with Crippen LogP contribution in [-0.4, -0.2) is 21.1 Å². The highest BCUT2D eigenvalue weighted by molar-refractivity contribution is 5.81. The van der Waals surface area contributed by atoms with Crippen molar-refractivity contribution in [3.8, 4) is 0 Å². The molecule has 2 rings (SSSR count). The minimum Gasteiger partial charge on any atom is -0.291 e. The molecule has 0 aliphatic rings. The van der Waals surface area contributed by atoms with E-state index in [1.54, 1.807) is 19.1 Å². The summed E-state index contributed by atoms with van der Waals surface area (Å²) in [5.74, 6) is 0.205. The van der Waals surface area contributed by atoms with Gasteiger partial charge >= 0.3 is 0 Å². The van der Waals surface area contributed by atoms with E-state index in [0.717, 1.165) is 0 Å². The molecule has 0 amide bonds. The summed E-state index contributed by atoms with van der Waals surface area (Å²) < 4.78 is 0. The average Bonchev–Trinajstić information content (AvgIpc) is 2.38. The van der Waals surface area contributed by atoms with E-state index >= 15 is 0 Å². The van der Waals surface area contributed by atoms with Gasteiger partial charge < -0.3 is 0 Å². The highest BCUT2D eigenvalue weighted by Gasteiger charge is 2.03. The fourth-order valence-electron chi connectivity index (χ4n) is 1.52. The van der Waals surface area contributed by atoms with Crippen LogP contribution in [0.1, 0.15) is 11.3 Å². The number of aryl methyl sites for hydroxylation is 1. The normalized spacial score (nSPS) is 10.7. The fourth-order valence-corrected chi connectivity index (χ4v) is 1.52. The maximum absolute atomic E-state index is 11.2. The highest BCUT2D eigenvalue weighted by atomic mass is 16.6. The Bertz CT molecular complexity index is 723. The highest BCUT2D eigenvalue weighted by Crippen LogP contribution is 2.11. The number of rotatable bonds is 4. The van der Waals surface area contributed by atoms with Gasteiger partial charge in [-0.05, 0) is 6.92 Å². The lowest BCUT2D eigenvalue weighted by atomic mass is 10.2. The maximum Gasteiger partial charge on any atom is 0.270 e. The molecule has 2 N–H and O–H groups in total. The van der Waals surface area contributed by atoms with Gasteiger partial charge in [0.05, 0.1) is 11.1 Å². The van der Waals surface area contributed by atoms with Crippen LogP contribution >= 0.6 is 0 Å². The van der Waals surface area contributed by atoms with E-state index in [9.17, 15) is 14.9 Å². The molecule has 1 heterocycles. The van der Waals surface area contributed by atoms with Crippen molar-refractivity contribution < 1.29 is 4.92 Å². The van der Waals surface area contributed by atoms with Crippen LogP contribution < -0.4 is 11.0 Å². The van der Waals surface area contributed by atoms with Crippen molar-refractivity contribution in [1.29, 1.82) is 0 Å². The van der Waals surface area contributed by atoms with Gasteiger partial charge in [-0.2, -0.15) is 5.10 Å². The number of nitro benzene ring substituents is 1. The van der Waals surface area contributed by atoms with Crippen LogP contribution in [-0.2, 0) is 0 Å². The number of hydrogen-bond acceptors (Lipinski definition) is 6. The predicted octanol–water partition coefficient (Wildman–Crippen LogP) is 1.43. The van der Waals surface area contributed by atoms with E-state index in [4.69, 9.17) is 0 Å². The number of hydrazone groups is 1. The molecule has 0 saturated heterocycles. The van der Waals surface area contributed by atoms with Gasteiger partial charge in [0, 0.05) is 29.5 Å². The number of benzene rings is 1. The number of non-ortho nitro benzene ring substituents is 1. The van der Waals surface area contributed by atoms with Gasteiger partial charge in [-0.1, -0.05) is 12.1 Å². The van der Waals surface area contributed by atoms with Crippen LogP contribution in [0.4, 0.5) is 11.6 Å². The summed E-state index contributed by atoms with van der Waals surface area (Å²) in [4.78, 5) is 27.8. The summed E-state index contributed by atoms with van der Waals surface area (Å²) in [7, 11) is 0. The summed E-state index contributed by atoms with van der Waals surface area (Å²) in [6, 6.07) is 7.37. The van der Waals surface area contributed by atoms with Crippen molar-refractivity contribution >= 4 is 17.9 Å². The SMILES string of the molecule is Cc1cc(=O)[nH]c(N/N=C\c2cccc([N+](=O)[O-])c2)n1. The fraction of sp³-hybridized carbons (Fsp3) is 0.0833. The average molecular weight is 273 g/mol. The minimum atomic E-state index is -0.482. The van der Waals surface area contributed by atoms with E-state index in [1.807, 2.05) is 0 Å². The van der Waals surface area contributed by atoms with E-state index < -0.39 is 4.92 Å². The number of H-pyrrole nitrogens is 1. The molecule has 20 heavy (non-hydrogen) atoms. The van der Waals surface area contributed by atoms with Crippen molar-refractivity contribution in [2.45, 2.75) is 6.92 Å². The molecule has 2 aromatic rings. The lowest BCUT2D eigenvalue weighted by Gasteiger charge is -1.99. The predicted molar refractivity (Wildman–Crippen MR) is 73.9 cm³/mol. The molecule has 8 heteroatoms. The van der Waals surface area contributed by atoms with Gasteiger partial charge in [-0.25, -0.2) is 10.4 Å². The quantitative estimate of drug-likeness (QED) is 0.497. The Morgan fingerprint density at radius 2 is 2.25 bits per heavy atom. The summed E-state index contributed by atoms with van der Waals surface area (Å²) in [6.07, 6.45) is 1.40.